The van der Waals surface area contributed by atoms with E-state index in [1.54, 1.807) is 18.3 Å². The number of amides is 1. The number of aromatic nitrogens is 3. The third-order valence-corrected chi connectivity index (χ3v) is 10.1. The SMILES string of the molecule is CN1[N-]N(Cc2ccc(C(=O)c3ccccc3)cc2)C=C1CCCOc1cc(C(=O)Nc2cc3ccccc3[n+](C)c2)[nH+]c(C([O])=Nc2cc3ccccc3[n+](C)c2)c1. The average Bonchev–Trinajstić information content (AvgIpc) is 3.60. The minimum Gasteiger partial charge on any atom is -0.493 e. The monoisotopic (exact) mass is 783 g/mol. The topological polar surface area (TPSA) is 130 Å². The van der Waals surface area contributed by atoms with Crippen molar-refractivity contribution in [2.75, 3.05) is 19.0 Å². The van der Waals surface area contributed by atoms with Gasteiger partial charge in [-0.2, -0.15) is 19.1 Å². The van der Waals surface area contributed by atoms with E-state index in [1.165, 1.54) is 0 Å². The van der Waals surface area contributed by atoms with Gasteiger partial charge in [0.2, 0.25) is 11.0 Å². The molecule has 0 fully saturated rings. The van der Waals surface area contributed by atoms with Crippen LogP contribution in [0.3, 0.4) is 0 Å². The number of H-pyrrole nitrogens is 1. The number of para-hydroxylation sites is 2. The van der Waals surface area contributed by atoms with E-state index in [0.29, 0.717) is 54.2 Å². The number of hydrogen-bond donors (Lipinski definition) is 1. The van der Waals surface area contributed by atoms with E-state index < -0.39 is 11.8 Å². The third-order valence-electron chi connectivity index (χ3n) is 10.1. The summed E-state index contributed by atoms with van der Waals surface area (Å²) in [7, 11) is 5.73. The summed E-state index contributed by atoms with van der Waals surface area (Å²) in [6, 6.07) is 39.6. The summed E-state index contributed by atoms with van der Waals surface area (Å²) < 4.78 is 10.1. The molecule has 1 aliphatic rings. The number of pyridine rings is 3. The second-order valence-electron chi connectivity index (χ2n) is 14.5. The molecule has 2 N–H and O–H groups in total. The Morgan fingerprint density at radius 3 is 2.17 bits per heavy atom. The first-order chi connectivity index (χ1) is 28.7. The van der Waals surface area contributed by atoms with Crippen molar-refractivity contribution >= 4 is 50.8 Å². The molecule has 1 aliphatic heterocycles. The molecule has 8 rings (SSSR count). The Labute approximate surface area is 341 Å². The summed E-state index contributed by atoms with van der Waals surface area (Å²) in [5.74, 6) is -0.638. The van der Waals surface area contributed by atoms with E-state index in [0.717, 1.165) is 33.1 Å². The first kappa shape index (κ1) is 38.4. The highest BCUT2D eigenvalue weighted by molar-refractivity contribution is 6.09. The molecule has 3 aromatic heterocycles. The van der Waals surface area contributed by atoms with Crippen molar-refractivity contribution in [2.45, 2.75) is 19.4 Å². The zero-order chi connectivity index (χ0) is 40.9. The number of ether oxygens (including phenoxy) is 1. The quantitative estimate of drug-likeness (QED) is 0.0439. The van der Waals surface area contributed by atoms with Crippen LogP contribution in [-0.2, 0) is 25.7 Å². The largest absolute Gasteiger partial charge is 0.493 e. The van der Waals surface area contributed by atoms with Crippen molar-refractivity contribution < 1.29 is 33.6 Å². The molecule has 0 unspecified atom stereocenters. The van der Waals surface area contributed by atoms with Crippen LogP contribution in [0.15, 0.2) is 157 Å². The number of carbonyl (C=O) groups excluding carboxylic acids is 2. The molecule has 0 saturated carbocycles. The highest BCUT2D eigenvalue weighted by Crippen LogP contribution is 2.27. The number of rotatable bonds is 13. The van der Waals surface area contributed by atoms with Gasteiger partial charge in [-0.3, -0.25) is 14.7 Å². The van der Waals surface area contributed by atoms with E-state index >= 15 is 0 Å². The first-order valence-corrected chi connectivity index (χ1v) is 19.3. The Bertz CT molecular complexity index is 2750. The number of aromatic amines is 1. The van der Waals surface area contributed by atoms with E-state index in [1.807, 2.05) is 168 Å². The highest BCUT2D eigenvalue weighted by atomic mass is 16.5. The number of fused-ring (bicyclic) bond motifs is 2. The van der Waals surface area contributed by atoms with Crippen molar-refractivity contribution in [1.82, 2.24) is 10.0 Å². The van der Waals surface area contributed by atoms with Crippen molar-refractivity contribution in [1.29, 1.82) is 0 Å². The fraction of sp³-hybridized carbons (Fsp3) is 0.149. The molecule has 4 heterocycles. The van der Waals surface area contributed by atoms with Gasteiger partial charge in [-0.25, -0.2) is 0 Å². The molecule has 12 nitrogen and oxygen atoms in total. The molecular formula is C47H43N8O4+2. The van der Waals surface area contributed by atoms with Crippen molar-refractivity contribution in [3.8, 4) is 5.75 Å². The number of allylic oxidation sites excluding steroid dienone is 1. The van der Waals surface area contributed by atoms with Crippen LogP contribution in [-0.4, -0.2) is 41.3 Å². The van der Waals surface area contributed by atoms with Gasteiger partial charge in [-0.1, -0.05) is 78.9 Å². The van der Waals surface area contributed by atoms with Gasteiger partial charge in [0.15, 0.2) is 18.2 Å². The maximum Gasteiger partial charge on any atom is 0.342 e. The number of ketones is 1. The van der Waals surface area contributed by atoms with Gasteiger partial charge in [0, 0.05) is 52.5 Å². The van der Waals surface area contributed by atoms with Gasteiger partial charge in [-0.05, 0) is 49.7 Å². The maximum absolute atomic E-state index is 13.7. The Hall–Kier alpha value is -7.44. The number of nitrogens with zero attached hydrogens (tertiary/aromatic N) is 6. The summed E-state index contributed by atoms with van der Waals surface area (Å²) in [5, 5.41) is 22.3. The number of anilines is 1. The van der Waals surface area contributed by atoms with Crippen LogP contribution in [0.1, 0.15) is 50.5 Å². The lowest BCUT2D eigenvalue weighted by molar-refractivity contribution is -0.644. The number of aryl methyl sites for hydroxylation is 2. The molecule has 7 aromatic rings. The lowest BCUT2D eigenvalue weighted by Gasteiger charge is -2.37. The van der Waals surface area contributed by atoms with Crippen LogP contribution in [0.5, 0.6) is 5.75 Å². The summed E-state index contributed by atoms with van der Waals surface area (Å²) in [6.45, 7) is 0.866. The van der Waals surface area contributed by atoms with Gasteiger partial charge in [0.25, 0.3) is 11.4 Å². The summed E-state index contributed by atoms with van der Waals surface area (Å²) >= 11 is 0. The molecule has 0 spiro atoms. The van der Waals surface area contributed by atoms with Crippen LogP contribution in [0.4, 0.5) is 11.4 Å². The fourth-order valence-electron chi connectivity index (χ4n) is 7.14. The van der Waals surface area contributed by atoms with Gasteiger partial charge in [0.1, 0.15) is 31.2 Å². The van der Waals surface area contributed by atoms with Gasteiger partial charge < -0.3 is 25.6 Å². The van der Waals surface area contributed by atoms with Crippen LogP contribution in [0, 0.1) is 0 Å². The van der Waals surface area contributed by atoms with Gasteiger partial charge >= 0.3 is 11.8 Å². The van der Waals surface area contributed by atoms with Crippen LogP contribution in [0.25, 0.3) is 27.3 Å². The Kier molecular flexibility index (Phi) is 11.1. The van der Waals surface area contributed by atoms with Crippen molar-refractivity contribution in [2.24, 2.45) is 19.1 Å². The van der Waals surface area contributed by atoms with E-state index in [4.69, 9.17) is 4.74 Å². The predicted molar refractivity (Wildman–Crippen MR) is 224 cm³/mol. The number of benzene rings is 4. The average molecular weight is 784 g/mol. The zero-order valence-corrected chi connectivity index (χ0v) is 33.0. The molecule has 59 heavy (non-hydrogen) atoms. The lowest BCUT2D eigenvalue weighted by atomic mass is 10.0. The second-order valence-corrected chi connectivity index (χ2v) is 14.5. The van der Waals surface area contributed by atoms with Crippen LogP contribution >= 0.6 is 0 Å². The Morgan fingerprint density at radius 1 is 0.780 bits per heavy atom. The number of nitrogens with one attached hydrogen (secondary N) is 2. The molecule has 0 bridgehead atoms. The predicted octanol–water partition coefficient (Wildman–Crippen LogP) is 7.10. The van der Waals surface area contributed by atoms with Crippen LogP contribution < -0.4 is 24.2 Å². The molecule has 1 radical (unpaired) electrons. The Balaban J connectivity index is 0.959. The standard InChI is InChI=1S/C47H41N8O4/c1-52-29-37(24-35-14-7-9-17-43(35)52)48-46(57)41-26-40(27-42(50-41)47(58)49-38-25-36-15-8-10-18-44(36)53(2)30-38)59-23-11-16-39-31-55(51-54(39)3)28-32-19-21-34(22-20-32)45(56)33-12-5-4-6-13-33/h4-10,12-15,17-22,24-27,29-31H,11,16,23,28H2,1-3H3/p+2. The number of aliphatic imine (C=N–C) groups is 1. The molecule has 12 heteroatoms. The van der Waals surface area contributed by atoms with Crippen LogP contribution in [0.2, 0.25) is 0 Å². The smallest absolute Gasteiger partial charge is 0.342 e. The third kappa shape index (κ3) is 8.93. The molecule has 1 amide bonds. The van der Waals surface area contributed by atoms with E-state index in [-0.39, 0.29) is 17.2 Å². The molecule has 0 aliphatic carbocycles. The number of carbonyl (C=O) groups is 2. The molecule has 0 atom stereocenters. The maximum atomic E-state index is 13.7. The summed E-state index contributed by atoms with van der Waals surface area (Å²) in [4.78, 5) is 34.0. The lowest BCUT2D eigenvalue weighted by Crippen LogP contribution is -2.31. The second kappa shape index (κ2) is 17.0. The van der Waals surface area contributed by atoms with Gasteiger partial charge in [0.05, 0.1) is 18.7 Å². The minimum absolute atomic E-state index is 0.0105. The normalized spacial score (nSPS) is 12.9. The molecule has 0 saturated heterocycles. The van der Waals surface area contributed by atoms with E-state index in [2.05, 4.69) is 20.8 Å². The van der Waals surface area contributed by atoms with Crippen molar-refractivity contribution in [3.63, 3.8) is 0 Å². The molecule has 293 valence electrons. The van der Waals surface area contributed by atoms with E-state index in [9.17, 15) is 14.7 Å². The van der Waals surface area contributed by atoms with Gasteiger partial charge in [-0.15, -0.1) is 0 Å². The fourth-order valence-corrected chi connectivity index (χ4v) is 7.14. The molecular weight excluding hydrogens is 741 g/mol. The number of hydrogen-bond acceptors (Lipinski definition) is 6. The Morgan fingerprint density at radius 2 is 1.42 bits per heavy atom. The minimum atomic E-state index is -0.547. The summed E-state index contributed by atoms with van der Waals surface area (Å²) in [5.41, 5.74) is 11.3. The van der Waals surface area contributed by atoms with Crippen molar-refractivity contribution in [3.05, 3.63) is 185 Å². The first-order valence-electron chi connectivity index (χ1n) is 19.3. The zero-order valence-electron chi connectivity index (χ0n) is 33.0. The summed E-state index contributed by atoms with van der Waals surface area (Å²) in [6.07, 6.45) is 6.95. The highest BCUT2D eigenvalue weighted by Gasteiger charge is 2.24. The molecule has 4 aromatic carbocycles.